The summed E-state index contributed by atoms with van der Waals surface area (Å²) in [5.41, 5.74) is 0.568. The molecule has 0 saturated heterocycles. The first-order valence-corrected chi connectivity index (χ1v) is 9.94. The third kappa shape index (κ3) is 4.40. The van der Waals surface area contributed by atoms with Crippen molar-refractivity contribution < 1.29 is 61.8 Å². The van der Waals surface area contributed by atoms with Crippen molar-refractivity contribution in [1.82, 2.24) is 0 Å². The number of benzene rings is 1. The summed E-state index contributed by atoms with van der Waals surface area (Å²) in [6.07, 6.45) is -9.73. The predicted molar refractivity (Wildman–Crippen MR) is 93.1 cm³/mol. The van der Waals surface area contributed by atoms with Crippen LogP contribution in [0.2, 0.25) is 0 Å². The minimum Gasteiger partial charge on any atom is -0.494 e. The lowest BCUT2D eigenvalue weighted by molar-refractivity contribution is -0.443. The molecule has 0 atom stereocenters. The van der Waals surface area contributed by atoms with Gasteiger partial charge in [0.1, 0.15) is 5.75 Å². The topological polar surface area (TPSA) is 9.23 Å². The van der Waals surface area contributed by atoms with Crippen LogP contribution in [0.4, 0.5) is 57.1 Å². The van der Waals surface area contributed by atoms with Gasteiger partial charge in [-0.1, -0.05) is 12.1 Å². The van der Waals surface area contributed by atoms with Gasteiger partial charge in [0.15, 0.2) is 0 Å². The molecule has 1 nitrogen and oxygen atoms in total. The van der Waals surface area contributed by atoms with Gasteiger partial charge in [-0.05, 0) is 56.2 Å². The molecule has 1 saturated carbocycles. The normalized spacial score (nSPS) is 21.5. The van der Waals surface area contributed by atoms with Gasteiger partial charge >= 0.3 is 35.8 Å². The minimum absolute atomic E-state index is 0.273. The van der Waals surface area contributed by atoms with Crippen LogP contribution in [-0.4, -0.2) is 42.4 Å². The molecule has 2 rings (SSSR count). The second kappa shape index (κ2) is 8.96. The van der Waals surface area contributed by atoms with Crippen molar-refractivity contribution in [2.75, 3.05) is 6.61 Å². The Kier molecular flexibility index (Phi) is 7.47. The van der Waals surface area contributed by atoms with Gasteiger partial charge in [-0.25, -0.2) is 0 Å². The highest BCUT2D eigenvalue weighted by Gasteiger charge is 2.91. The molecule has 0 aromatic heterocycles. The summed E-state index contributed by atoms with van der Waals surface area (Å²) in [7, 11) is 0. The Labute approximate surface area is 185 Å². The van der Waals surface area contributed by atoms with E-state index in [1.54, 1.807) is 19.1 Å². The van der Waals surface area contributed by atoms with Crippen LogP contribution in [0.5, 0.6) is 5.75 Å². The highest BCUT2D eigenvalue weighted by molar-refractivity contribution is 5.29. The van der Waals surface area contributed by atoms with E-state index in [1.807, 2.05) is 0 Å². The molecule has 0 unspecified atom stereocenters. The molecule has 1 aliphatic carbocycles. The molecule has 1 aromatic rings. The van der Waals surface area contributed by atoms with Gasteiger partial charge in [-0.3, -0.25) is 0 Å². The molecule has 1 aromatic carbocycles. The molecule has 0 spiro atoms. The molecule has 196 valence electrons. The average molecular weight is 522 g/mol. The predicted octanol–water partition coefficient (Wildman–Crippen LogP) is 8.10. The molecule has 0 amide bonds. The van der Waals surface area contributed by atoms with Crippen LogP contribution >= 0.6 is 0 Å². The highest BCUT2D eigenvalue weighted by Crippen LogP contribution is 2.62. The van der Waals surface area contributed by atoms with Crippen molar-refractivity contribution in [3.05, 3.63) is 29.8 Å². The minimum atomic E-state index is -7.86. The van der Waals surface area contributed by atoms with E-state index in [-0.39, 0.29) is 12.8 Å². The van der Waals surface area contributed by atoms with Crippen molar-refractivity contribution >= 4 is 0 Å². The summed E-state index contributed by atoms with van der Waals surface area (Å²) in [4.78, 5) is 0. The van der Waals surface area contributed by atoms with Crippen LogP contribution in [-0.2, 0) is 0 Å². The van der Waals surface area contributed by atoms with Crippen LogP contribution in [0.25, 0.3) is 0 Å². The van der Waals surface area contributed by atoms with E-state index in [1.165, 1.54) is 12.1 Å². The van der Waals surface area contributed by atoms with Crippen LogP contribution in [0, 0.1) is 5.92 Å². The Morgan fingerprint density at radius 1 is 0.647 bits per heavy atom. The molecule has 0 heterocycles. The molecule has 0 radical (unpaired) electrons. The van der Waals surface area contributed by atoms with Crippen LogP contribution < -0.4 is 4.74 Å². The first kappa shape index (κ1) is 28.3. The third-order valence-electron chi connectivity index (χ3n) is 5.86. The van der Waals surface area contributed by atoms with Gasteiger partial charge in [0.25, 0.3) is 0 Å². The fraction of sp³-hybridized carbons (Fsp3) is 0.700. The molecule has 14 heteroatoms. The van der Waals surface area contributed by atoms with E-state index in [9.17, 15) is 57.1 Å². The zero-order valence-corrected chi connectivity index (χ0v) is 17.3. The first-order valence-electron chi connectivity index (χ1n) is 9.94. The summed E-state index contributed by atoms with van der Waals surface area (Å²) in [6, 6.07) is 6.18. The number of rotatable bonds is 8. The van der Waals surface area contributed by atoms with Gasteiger partial charge in [0.2, 0.25) is 0 Å². The average Bonchev–Trinajstić information content (AvgIpc) is 2.73. The lowest BCUT2D eigenvalue weighted by Gasteiger charge is -2.43. The fourth-order valence-corrected chi connectivity index (χ4v) is 3.83. The van der Waals surface area contributed by atoms with E-state index in [2.05, 4.69) is 0 Å². The second-order valence-electron chi connectivity index (χ2n) is 7.97. The van der Waals surface area contributed by atoms with E-state index in [4.69, 9.17) is 4.74 Å². The zero-order valence-electron chi connectivity index (χ0n) is 17.3. The number of hydrogen-bond donors (Lipinski definition) is 0. The van der Waals surface area contributed by atoms with Gasteiger partial charge in [-0.2, -0.15) is 57.1 Å². The Morgan fingerprint density at radius 3 is 1.50 bits per heavy atom. The monoisotopic (exact) mass is 522 g/mol. The van der Waals surface area contributed by atoms with Gasteiger partial charge in [-0.15, -0.1) is 0 Å². The molecular formula is C20H19F13O. The smallest absolute Gasteiger partial charge is 0.460 e. The van der Waals surface area contributed by atoms with Gasteiger partial charge in [0.05, 0.1) is 6.61 Å². The van der Waals surface area contributed by atoms with Crippen molar-refractivity contribution in [2.24, 2.45) is 5.92 Å². The maximum Gasteiger partial charge on any atom is 0.460 e. The second-order valence-corrected chi connectivity index (χ2v) is 7.97. The summed E-state index contributed by atoms with van der Waals surface area (Å²) >= 11 is 0. The largest absolute Gasteiger partial charge is 0.494 e. The molecule has 0 aliphatic heterocycles. The third-order valence-corrected chi connectivity index (χ3v) is 5.86. The number of ether oxygens (including phenoxy) is 1. The van der Waals surface area contributed by atoms with Gasteiger partial charge < -0.3 is 4.74 Å². The molecule has 34 heavy (non-hydrogen) atoms. The van der Waals surface area contributed by atoms with Crippen molar-refractivity contribution in [1.29, 1.82) is 0 Å². The van der Waals surface area contributed by atoms with Crippen LogP contribution in [0.1, 0.15) is 44.1 Å². The van der Waals surface area contributed by atoms with Crippen molar-refractivity contribution in [3.63, 3.8) is 0 Å². The maximum atomic E-state index is 14.4. The summed E-state index contributed by atoms with van der Waals surface area (Å²) in [5.74, 6) is -39.2. The number of halogens is 13. The Morgan fingerprint density at radius 2 is 1.09 bits per heavy atom. The number of hydrogen-bond acceptors (Lipinski definition) is 1. The Hall–Kier alpha value is -1.89. The van der Waals surface area contributed by atoms with Crippen LogP contribution in [0.15, 0.2) is 24.3 Å². The van der Waals surface area contributed by atoms with E-state index in [0.29, 0.717) is 17.9 Å². The summed E-state index contributed by atoms with van der Waals surface area (Å²) in [5, 5.41) is 0. The van der Waals surface area contributed by atoms with Crippen LogP contribution in [0.3, 0.4) is 0 Å². The quantitative estimate of drug-likeness (QED) is 0.314. The molecule has 0 bridgehead atoms. The molecule has 1 aliphatic rings. The lowest BCUT2D eigenvalue weighted by atomic mass is 9.74. The first-order chi connectivity index (χ1) is 15.3. The molecule has 0 N–H and O–H groups in total. The lowest BCUT2D eigenvalue weighted by Crippen LogP contribution is -2.71. The Bertz CT molecular complexity index is 822. The van der Waals surface area contributed by atoms with Crippen molar-refractivity contribution in [3.8, 4) is 5.75 Å². The van der Waals surface area contributed by atoms with E-state index >= 15 is 0 Å². The van der Waals surface area contributed by atoms with Crippen molar-refractivity contribution in [2.45, 2.75) is 74.3 Å². The SMILES string of the molecule is CCOc1ccc([C@H]2CC[C@H](C(F)(F)C(F)(F)C(F)(F)C(F)(F)C(F)(F)C(F)(F)F)CC2)cc1. The van der Waals surface area contributed by atoms with E-state index in [0.717, 1.165) is 0 Å². The molecule has 1 fully saturated rings. The maximum absolute atomic E-state index is 14.4. The summed E-state index contributed by atoms with van der Waals surface area (Å²) < 4.78 is 179. The van der Waals surface area contributed by atoms with Gasteiger partial charge in [0, 0.05) is 5.92 Å². The summed E-state index contributed by atoms with van der Waals surface area (Å²) in [6.45, 7) is 2.07. The molecular weight excluding hydrogens is 503 g/mol. The number of alkyl halides is 13. The Balaban J connectivity index is 2.24. The zero-order chi connectivity index (χ0) is 26.4. The highest BCUT2D eigenvalue weighted by atomic mass is 19.4. The standard InChI is InChI=1S/C20H19F13O/c1-2-34-14-9-5-12(6-10-14)11-3-7-13(8-4-11)15(21,22)16(23,24)17(25,26)18(27,28)19(29,30)20(31,32)33/h5-6,9-11,13H,2-4,7-8H2,1H3/t11-,13-. The fourth-order valence-electron chi connectivity index (χ4n) is 3.83. The van der Waals surface area contributed by atoms with E-state index < -0.39 is 60.5 Å².